The van der Waals surface area contributed by atoms with Crippen molar-refractivity contribution in [1.29, 1.82) is 0 Å². The SMILES string of the molecule is Cc1c(N2CCCC(N)C2)n[nH]c1-c1ccc(F)cc1. The molecule has 5 heteroatoms. The molecule has 0 spiro atoms. The number of halogens is 1. The van der Waals surface area contributed by atoms with E-state index in [4.69, 9.17) is 5.73 Å². The first-order chi connectivity index (χ1) is 9.65. The highest BCUT2D eigenvalue weighted by Crippen LogP contribution is 2.29. The number of benzene rings is 1. The van der Waals surface area contributed by atoms with Crippen LogP contribution in [0, 0.1) is 12.7 Å². The molecule has 1 aromatic heterocycles. The first-order valence-corrected chi connectivity index (χ1v) is 6.96. The van der Waals surface area contributed by atoms with Crippen molar-refractivity contribution in [2.75, 3.05) is 18.0 Å². The van der Waals surface area contributed by atoms with Gasteiger partial charge in [0.1, 0.15) is 5.82 Å². The van der Waals surface area contributed by atoms with Gasteiger partial charge in [0, 0.05) is 30.3 Å². The lowest BCUT2D eigenvalue weighted by atomic mass is 10.0. The molecule has 0 bridgehead atoms. The minimum atomic E-state index is -0.229. The number of nitrogens with two attached hydrogens (primary N) is 1. The smallest absolute Gasteiger partial charge is 0.153 e. The molecule has 1 aliphatic heterocycles. The Kier molecular flexibility index (Phi) is 3.44. The lowest BCUT2D eigenvalue weighted by molar-refractivity contribution is 0.502. The third kappa shape index (κ3) is 2.41. The summed E-state index contributed by atoms with van der Waals surface area (Å²) in [6.45, 7) is 3.87. The fourth-order valence-electron chi connectivity index (χ4n) is 2.80. The van der Waals surface area contributed by atoms with Crippen LogP contribution in [0.25, 0.3) is 11.3 Å². The highest BCUT2D eigenvalue weighted by Gasteiger charge is 2.22. The van der Waals surface area contributed by atoms with Crippen molar-refractivity contribution in [1.82, 2.24) is 10.2 Å². The average molecular weight is 274 g/mol. The van der Waals surface area contributed by atoms with Gasteiger partial charge in [-0.1, -0.05) is 0 Å². The number of H-pyrrole nitrogens is 1. The van der Waals surface area contributed by atoms with Gasteiger partial charge in [0.25, 0.3) is 0 Å². The van der Waals surface area contributed by atoms with E-state index in [-0.39, 0.29) is 11.9 Å². The molecule has 0 amide bonds. The van der Waals surface area contributed by atoms with Crippen LogP contribution in [0.2, 0.25) is 0 Å². The topological polar surface area (TPSA) is 57.9 Å². The number of nitrogens with zero attached hydrogens (tertiary/aromatic N) is 2. The predicted molar refractivity (Wildman–Crippen MR) is 78.1 cm³/mol. The Labute approximate surface area is 117 Å². The van der Waals surface area contributed by atoms with Crippen LogP contribution >= 0.6 is 0 Å². The number of hydrogen-bond acceptors (Lipinski definition) is 3. The number of rotatable bonds is 2. The zero-order valence-electron chi connectivity index (χ0n) is 11.6. The lowest BCUT2D eigenvalue weighted by Crippen LogP contribution is -2.43. The van der Waals surface area contributed by atoms with Gasteiger partial charge in [0.2, 0.25) is 0 Å². The Morgan fingerprint density at radius 2 is 2.10 bits per heavy atom. The quantitative estimate of drug-likeness (QED) is 0.884. The Bertz CT molecular complexity index is 590. The number of hydrogen-bond donors (Lipinski definition) is 2. The summed E-state index contributed by atoms with van der Waals surface area (Å²) in [7, 11) is 0. The predicted octanol–water partition coefficient (Wildman–Crippen LogP) is 2.45. The van der Waals surface area contributed by atoms with Gasteiger partial charge in [-0.2, -0.15) is 5.10 Å². The summed E-state index contributed by atoms with van der Waals surface area (Å²) in [4.78, 5) is 2.23. The number of aromatic amines is 1. The summed E-state index contributed by atoms with van der Waals surface area (Å²) in [5, 5.41) is 7.49. The van der Waals surface area contributed by atoms with Crippen molar-refractivity contribution in [2.24, 2.45) is 5.73 Å². The number of aromatic nitrogens is 2. The first-order valence-electron chi connectivity index (χ1n) is 6.96. The van der Waals surface area contributed by atoms with Crippen molar-refractivity contribution in [3.8, 4) is 11.3 Å². The largest absolute Gasteiger partial charge is 0.353 e. The zero-order chi connectivity index (χ0) is 14.1. The summed E-state index contributed by atoms with van der Waals surface area (Å²) in [5.41, 5.74) is 9.01. The maximum absolute atomic E-state index is 13.0. The fourth-order valence-corrected chi connectivity index (χ4v) is 2.80. The average Bonchev–Trinajstić information content (AvgIpc) is 2.82. The van der Waals surface area contributed by atoms with Crippen molar-refractivity contribution < 1.29 is 4.39 Å². The minimum absolute atomic E-state index is 0.217. The van der Waals surface area contributed by atoms with E-state index in [1.807, 2.05) is 6.92 Å². The monoisotopic (exact) mass is 274 g/mol. The van der Waals surface area contributed by atoms with Gasteiger partial charge in [-0.3, -0.25) is 5.10 Å². The first kappa shape index (κ1) is 13.1. The molecule has 1 unspecified atom stereocenters. The maximum Gasteiger partial charge on any atom is 0.153 e. The van der Waals surface area contributed by atoms with E-state index in [2.05, 4.69) is 15.1 Å². The standard InChI is InChI=1S/C15H19FN4/c1-10-14(11-4-6-12(16)7-5-11)18-19-15(10)20-8-2-3-13(17)9-20/h4-7,13H,2-3,8-9,17H2,1H3,(H,18,19). The molecule has 1 aromatic carbocycles. The van der Waals surface area contributed by atoms with E-state index in [9.17, 15) is 4.39 Å². The van der Waals surface area contributed by atoms with E-state index in [0.717, 1.165) is 48.6 Å². The number of nitrogens with one attached hydrogen (secondary N) is 1. The molecule has 0 radical (unpaired) electrons. The molecule has 0 saturated carbocycles. The Hall–Kier alpha value is -1.88. The molecule has 1 atom stereocenters. The van der Waals surface area contributed by atoms with Gasteiger partial charge < -0.3 is 10.6 Å². The summed E-state index contributed by atoms with van der Waals surface area (Å²) in [5.74, 6) is 0.729. The maximum atomic E-state index is 13.0. The van der Waals surface area contributed by atoms with Gasteiger partial charge in [-0.05, 0) is 44.0 Å². The molecular formula is C15H19FN4. The second-order valence-electron chi connectivity index (χ2n) is 5.40. The molecule has 1 fully saturated rings. The van der Waals surface area contributed by atoms with Gasteiger partial charge in [0.05, 0.1) is 5.69 Å². The normalized spacial score (nSPS) is 19.4. The molecule has 106 valence electrons. The van der Waals surface area contributed by atoms with Crippen molar-refractivity contribution >= 4 is 5.82 Å². The molecule has 2 aromatic rings. The molecule has 3 rings (SSSR count). The molecular weight excluding hydrogens is 255 g/mol. The van der Waals surface area contributed by atoms with E-state index < -0.39 is 0 Å². The molecule has 2 heterocycles. The number of anilines is 1. The summed E-state index contributed by atoms with van der Waals surface area (Å²) >= 11 is 0. The van der Waals surface area contributed by atoms with E-state index >= 15 is 0 Å². The van der Waals surface area contributed by atoms with E-state index in [0.29, 0.717) is 0 Å². The molecule has 4 nitrogen and oxygen atoms in total. The van der Waals surface area contributed by atoms with Crippen LogP contribution in [0.4, 0.5) is 10.2 Å². The van der Waals surface area contributed by atoms with Crippen molar-refractivity contribution in [3.05, 3.63) is 35.6 Å². The molecule has 0 aliphatic carbocycles. The molecule has 20 heavy (non-hydrogen) atoms. The van der Waals surface area contributed by atoms with Crippen molar-refractivity contribution in [3.63, 3.8) is 0 Å². The van der Waals surface area contributed by atoms with Crippen LogP contribution < -0.4 is 10.6 Å². The Balaban J connectivity index is 1.90. The minimum Gasteiger partial charge on any atom is -0.353 e. The van der Waals surface area contributed by atoms with Crippen LogP contribution in [0.1, 0.15) is 18.4 Å². The van der Waals surface area contributed by atoms with Crippen molar-refractivity contribution in [2.45, 2.75) is 25.8 Å². The van der Waals surface area contributed by atoms with Crippen LogP contribution in [-0.2, 0) is 0 Å². The summed E-state index contributed by atoms with van der Waals surface area (Å²) in [6.07, 6.45) is 2.17. The highest BCUT2D eigenvalue weighted by molar-refractivity contribution is 5.69. The van der Waals surface area contributed by atoms with E-state index in [1.165, 1.54) is 12.1 Å². The van der Waals surface area contributed by atoms with Gasteiger partial charge >= 0.3 is 0 Å². The fraction of sp³-hybridized carbons (Fsp3) is 0.400. The molecule has 1 saturated heterocycles. The molecule has 3 N–H and O–H groups in total. The van der Waals surface area contributed by atoms with E-state index in [1.54, 1.807) is 12.1 Å². The van der Waals surface area contributed by atoms with Gasteiger partial charge in [-0.25, -0.2) is 4.39 Å². The van der Waals surface area contributed by atoms with Crippen LogP contribution in [0.3, 0.4) is 0 Å². The third-order valence-electron chi connectivity index (χ3n) is 3.87. The van der Waals surface area contributed by atoms with Gasteiger partial charge in [-0.15, -0.1) is 0 Å². The zero-order valence-corrected chi connectivity index (χ0v) is 11.6. The lowest BCUT2D eigenvalue weighted by Gasteiger charge is -2.31. The number of piperidine rings is 1. The second-order valence-corrected chi connectivity index (χ2v) is 5.40. The second kappa shape index (κ2) is 5.25. The van der Waals surface area contributed by atoms with Crippen LogP contribution in [0.5, 0.6) is 0 Å². The van der Waals surface area contributed by atoms with Crippen LogP contribution in [-0.4, -0.2) is 29.3 Å². The Morgan fingerprint density at radius 3 is 2.80 bits per heavy atom. The Morgan fingerprint density at radius 1 is 1.35 bits per heavy atom. The summed E-state index contributed by atoms with van der Waals surface area (Å²) < 4.78 is 13.0. The van der Waals surface area contributed by atoms with Crippen LogP contribution in [0.15, 0.2) is 24.3 Å². The summed E-state index contributed by atoms with van der Waals surface area (Å²) in [6, 6.07) is 6.68. The highest BCUT2D eigenvalue weighted by atomic mass is 19.1. The van der Waals surface area contributed by atoms with Gasteiger partial charge in [0.15, 0.2) is 5.82 Å². The molecule has 1 aliphatic rings. The third-order valence-corrected chi connectivity index (χ3v) is 3.87.